The van der Waals surface area contributed by atoms with Gasteiger partial charge in [-0.1, -0.05) is 25.7 Å². The Bertz CT molecular complexity index is 604. The van der Waals surface area contributed by atoms with Crippen LogP contribution in [0.25, 0.3) is 0 Å². The van der Waals surface area contributed by atoms with Gasteiger partial charge in [0.15, 0.2) is 0 Å². The van der Waals surface area contributed by atoms with Gasteiger partial charge in [-0.15, -0.1) is 13.2 Å². The normalized spacial score (nSPS) is 26.4. The van der Waals surface area contributed by atoms with E-state index < -0.39 is 17.8 Å². The zero-order chi connectivity index (χ0) is 18.0. The second-order valence-electron chi connectivity index (χ2n) is 6.42. The highest BCUT2D eigenvalue weighted by Gasteiger charge is 2.43. The SMILES string of the molecule is COC1(c2ccc(OC(F)(F)F)cc2)C=CC2(CCCCCC2)OO1. The molecule has 0 amide bonds. The Kier molecular flexibility index (Phi) is 5.09. The number of hydrogen-bond donors (Lipinski definition) is 0. The summed E-state index contributed by atoms with van der Waals surface area (Å²) in [5, 5.41) is 0. The first-order chi connectivity index (χ1) is 11.9. The monoisotopic (exact) mass is 358 g/mol. The second kappa shape index (κ2) is 6.97. The summed E-state index contributed by atoms with van der Waals surface area (Å²) in [4.78, 5) is 11.4. The molecule has 25 heavy (non-hydrogen) atoms. The van der Waals surface area contributed by atoms with Crippen LogP contribution in [0.5, 0.6) is 5.75 Å². The van der Waals surface area contributed by atoms with Gasteiger partial charge >= 0.3 is 6.36 Å². The van der Waals surface area contributed by atoms with Crippen LogP contribution in [0.3, 0.4) is 0 Å². The fraction of sp³-hybridized carbons (Fsp3) is 0.556. The summed E-state index contributed by atoms with van der Waals surface area (Å²) in [6, 6.07) is 5.36. The molecule has 1 aromatic carbocycles. The lowest BCUT2D eigenvalue weighted by molar-refractivity contribution is -0.458. The summed E-state index contributed by atoms with van der Waals surface area (Å²) < 4.78 is 46.2. The molecule has 7 heteroatoms. The van der Waals surface area contributed by atoms with E-state index in [2.05, 4.69) is 4.74 Å². The predicted molar refractivity (Wildman–Crippen MR) is 83.6 cm³/mol. The minimum atomic E-state index is -4.73. The van der Waals surface area contributed by atoms with Gasteiger partial charge in [0, 0.05) is 12.7 Å². The van der Waals surface area contributed by atoms with Crippen molar-refractivity contribution in [3.05, 3.63) is 42.0 Å². The van der Waals surface area contributed by atoms with Crippen LogP contribution in [0.15, 0.2) is 36.4 Å². The van der Waals surface area contributed by atoms with Gasteiger partial charge in [0.05, 0.1) is 0 Å². The largest absolute Gasteiger partial charge is 0.573 e. The third-order valence-corrected chi connectivity index (χ3v) is 4.68. The van der Waals surface area contributed by atoms with E-state index in [4.69, 9.17) is 14.5 Å². The molecule has 1 atom stereocenters. The summed E-state index contributed by atoms with van der Waals surface area (Å²) in [7, 11) is 1.46. The third kappa shape index (κ3) is 4.16. The Labute approximate surface area is 144 Å². The van der Waals surface area contributed by atoms with Crippen LogP contribution in [0.2, 0.25) is 0 Å². The molecule has 0 aromatic heterocycles. The molecule has 1 spiro atoms. The molecule has 3 rings (SSSR count). The van der Waals surface area contributed by atoms with Crippen LogP contribution < -0.4 is 4.74 Å². The maximum Gasteiger partial charge on any atom is 0.573 e. The average molecular weight is 358 g/mol. The fourth-order valence-electron chi connectivity index (χ4n) is 3.29. The van der Waals surface area contributed by atoms with E-state index in [0.29, 0.717) is 5.56 Å². The van der Waals surface area contributed by atoms with Crippen LogP contribution in [0.4, 0.5) is 13.2 Å². The van der Waals surface area contributed by atoms with Crippen molar-refractivity contribution < 1.29 is 32.4 Å². The zero-order valence-electron chi connectivity index (χ0n) is 14.0. The van der Waals surface area contributed by atoms with Gasteiger partial charge in [-0.2, -0.15) is 4.89 Å². The molecule has 0 N–H and O–H groups in total. The first kappa shape index (κ1) is 18.2. The Morgan fingerprint density at radius 1 is 0.920 bits per heavy atom. The van der Waals surface area contributed by atoms with E-state index in [1.807, 2.05) is 6.08 Å². The standard InChI is InChI=1S/C18H21F3O4/c1-22-17(14-6-8-15(9-7-14)23-18(19,20)21)13-12-16(24-25-17)10-4-2-3-5-11-16/h6-9,12-13H,2-5,10-11H2,1H3. The molecule has 0 saturated heterocycles. The highest BCUT2D eigenvalue weighted by Crippen LogP contribution is 2.41. The van der Waals surface area contributed by atoms with Gasteiger partial charge in [-0.05, 0) is 49.3 Å². The van der Waals surface area contributed by atoms with Crippen LogP contribution in [0, 0.1) is 0 Å². The molecule has 1 fully saturated rings. The number of halogens is 3. The summed E-state index contributed by atoms with van der Waals surface area (Å²) >= 11 is 0. The summed E-state index contributed by atoms with van der Waals surface area (Å²) in [6.07, 6.45) is 5.26. The molecule has 0 bridgehead atoms. The molecule has 0 radical (unpaired) electrons. The molecule has 1 aliphatic heterocycles. The minimum Gasteiger partial charge on any atom is -0.406 e. The van der Waals surface area contributed by atoms with Crippen molar-refractivity contribution in [1.82, 2.24) is 0 Å². The van der Waals surface area contributed by atoms with Crippen LogP contribution >= 0.6 is 0 Å². The highest BCUT2D eigenvalue weighted by molar-refractivity contribution is 5.33. The van der Waals surface area contributed by atoms with E-state index >= 15 is 0 Å². The second-order valence-corrected chi connectivity index (χ2v) is 6.42. The van der Waals surface area contributed by atoms with Crippen molar-refractivity contribution in [2.75, 3.05) is 7.11 Å². The Balaban J connectivity index is 1.80. The predicted octanol–water partition coefficient (Wildman–Crippen LogP) is 5.00. The lowest BCUT2D eigenvalue weighted by Crippen LogP contribution is -2.42. The molecular formula is C18H21F3O4. The Hall–Kier alpha value is -1.57. The van der Waals surface area contributed by atoms with Crippen molar-refractivity contribution in [3.63, 3.8) is 0 Å². The molecule has 1 aliphatic carbocycles. The smallest absolute Gasteiger partial charge is 0.406 e. The lowest BCUT2D eigenvalue weighted by atomic mass is 9.91. The fourth-order valence-corrected chi connectivity index (χ4v) is 3.29. The van der Waals surface area contributed by atoms with Crippen molar-refractivity contribution in [2.45, 2.75) is 56.3 Å². The zero-order valence-corrected chi connectivity index (χ0v) is 14.0. The maximum atomic E-state index is 12.3. The van der Waals surface area contributed by atoms with E-state index in [-0.39, 0.29) is 5.75 Å². The molecule has 138 valence electrons. The quantitative estimate of drug-likeness (QED) is 0.563. The van der Waals surface area contributed by atoms with Crippen molar-refractivity contribution in [2.24, 2.45) is 0 Å². The van der Waals surface area contributed by atoms with E-state index in [9.17, 15) is 13.2 Å². The molecule has 4 nitrogen and oxygen atoms in total. The van der Waals surface area contributed by atoms with Gasteiger partial charge in [-0.3, -0.25) is 0 Å². The third-order valence-electron chi connectivity index (χ3n) is 4.68. The molecule has 1 aromatic rings. The molecule has 1 unspecified atom stereocenters. The van der Waals surface area contributed by atoms with Crippen LogP contribution in [-0.4, -0.2) is 19.1 Å². The maximum absolute atomic E-state index is 12.3. The first-order valence-electron chi connectivity index (χ1n) is 8.35. The van der Waals surface area contributed by atoms with Crippen LogP contribution in [0.1, 0.15) is 44.1 Å². The van der Waals surface area contributed by atoms with Gasteiger partial charge < -0.3 is 9.47 Å². The molecule has 1 saturated carbocycles. The minimum absolute atomic E-state index is 0.302. The van der Waals surface area contributed by atoms with Crippen molar-refractivity contribution >= 4 is 0 Å². The summed E-state index contributed by atoms with van der Waals surface area (Å²) in [6.45, 7) is 0. The summed E-state index contributed by atoms with van der Waals surface area (Å²) in [5.74, 6) is -1.59. The van der Waals surface area contributed by atoms with E-state index in [0.717, 1.165) is 25.7 Å². The van der Waals surface area contributed by atoms with Crippen molar-refractivity contribution in [1.29, 1.82) is 0 Å². The average Bonchev–Trinajstić information content (AvgIpc) is 2.81. The van der Waals surface area contributed by atoms with E-state index in [1.54, 1.807) is 6.08 Å². The number of hydrogen-bond acceptors (Lipinski definition) is 4. The Morgan fingerprint density at radius 2 is 1.56 bits per heavy atom. The Morgan fingerprint density at radius 3 is 2.04 bits per heavy atom. The number of alkyl halides is 3. The topological polar surface area (TPSA) is 36.9 Å². The van der Waals surface area contributed by atoms with E-state index in [1.165, 1.54) is 44.2 Å². The van der Waals surface area contributed by atoms with Gasteiger partial charge in [0.1, 0.15) is 11.4 Å². The van der Waals surface area contributed by atoms with Crippen LogP contribution in [-0.2, 0) is 20.3 Å². The van der Waals surface area contributed by atoms with Gasteiger partial charge in [0.25, 0.3) is 0 Å². The number of rotatable bonds is 3. The number of ether oxygens (including phenoxy) is 2. The molecule has 2 aliphatic rings. The summed E-state index contributed by atoms with van der Waals surface area (Å²) in [5.41, 5.74) is 0.0713. The molecule has 1 heterocycles. The lowest BCUT2D eigenvalue weighted by Gasteiger charge is -2.39. The van der Waals surface area contributed by atoms with Crippen molar-refractivity contribution in [3.8, 4) is 5.75 Å². The highest BCUT2D eigenvalue weighted by atomic mass is 19.4. The van der Waals surface area contributed by atoms with Gasteiger partial charge in [0.2, 0.25) is 5.79 Å². The van der Waals surface area contributed by atoms with Gasteiger partial charge in [-0.25, -0.2) is 4.89 Å². The number of methoxy groups -OCH3 is 1. The first-order valence-corrected chi connectivity index (χ1v) is 8.35. The number of benzene rings is 1. The molecular weight excluding hydrogens is 337 g/mol.